The lowest BCUT2D eigenvalue weighted by Gasteiger charge is -2.18. The Bertz CT molecular complexity index is 818. The zero-order chi connectivity index (χ0) is 15.0. The number of aryl methyl sites for hydroxylation is 2. The zero-order valence-electron chi connectivity index (χ0n) is 11.6. The molecule has 0 aliphatic heterocycles. The molecule has 0 saturated heterocycles. The van der Waals surface area contributed by atoms with Crippen molar-refractivity contribution in [1.29, 1.82) is 0 Å². The van der Waals surface area contributed by atoms with E-state index in [2.05, 4.69) is 28.7 Å². The normalized spacial score (nSPS) is 14.5. The average molecular weight is 410 g/mol. The minimum Gasteiger partial charge on any atom is -0.219 e. The molecule has 1 aliphatic carbocycles. The van der Waals surface area contributed by atoms with Crippen molar-refractivity contribution in [3.8, 4) is 0 Å². The van der Waals surface area contributed by atoms with Crippen LogP contribution >= 0.6 is 22.6 Å². The smallest absolute Gasteiger partial charge is 0.206 e. The fraction of sp³-hybridized carbons (Fsp3) is 0.176. The van der Waals surface area contributed by atoms with Crippen LogP contribution in [0.2, 0.25) is 0 Å². The first kappa shape index (κ1) is 14.8. The molecule has 1 aliphatic rings. The summed E-state index contributed by atoms with van der Waals surface area (Å²) in [6.07, 6.45) is 3.52. The topological polar surface area (TPSA) is 34.1 Å². The van der Waals surface area contributed by atoms with Gasteiger partial charge >= 0.3 is 0 Å². The number of halogens is 1. The molecule has 0 bridgehead atoms. The fourth-order valence-corrected chi connectivity index (χ4v) is 4.71. The van der Waals surface area contributed by atoms with Crippen LogP contribution in [-0.4, -0.2) is 8.42 Å². The van der Waals surface area contributed by atoms with Gasteiger partial charge in [0.1, 0.15) is 0 Å². The molecule has 0 unspecified atom stereocenters. The molecular weight excluding hydrogens is 395 g/mol. The lowest BCUT2D eigenvalue weighted by atomic mass is 9.97. The van der Waals surface area contributed by atoms with Gasteiger partial charge in [-0.1, -0.05) is 29.8 Å². The maximum Gasteiger partial charge on any atom is 0.206 e. The van der Waals surface area contributed by atoms with Crippen LogP contribution in [0.3, 0.4) is 0 Å². The molecule has 0 saturated carbocycles. The predicted molar refractivity (Wildman–Crippen MR) is 93.8 cm³/mol. The molecule has 3 rings (SSSR count). The van der Waals surface area contributed by atoms with Crippen molar-refractivity contribution in [3.05, 3.63) is 68.8 Å². The SMILES string of the molecule is Cc1ccc(S(=O)(=O)C2=CCCc3cc(I)ccc32)cc1. The Morgan fingerprint density at radius 2 is 1.76 bits per heavy atom. The van der Waals surface area contributed by atoms with Gasteiger partial charge in [0.15, 0.2) is 0 Å². The van der Waals surface area contributed by atoms with E-state index in [4.69, 9.17) is 0 Å². The first-order chi connectivity index (χ1) is 9.98. The fourth-order valence-electron chi connectivity index (χ4n) is 2.58. The van der Waals surface area contributed by atoms with Crippen LogP contribution in [0.15, 0.2) is 53.4 Å². The van der Waals surface area contributed by atoms with Gasteiger partial charge in [-0.15, -0.1) is 0 Å². The van der Waals surface area contributed by atoms with E-state index in [-0.39, 0.29) is 0 Å². The highest BCUT2D eigenvalue weighted by molar-refractivity contribution is 14.1. The van der Waals surface area contributed by atoms with E-state index in [0.29, 0.717) is 9.80 Å². The molecule has 2 nitrogen and oxygen atoms in total. The van der Waals surface area contributed by atoms with Crippen molar-refractivity contribution < 1.29 is 8.42 Å². The van der Waals surface area contributed by atoms with Gasteiger partial charge in [0.05, 0.1) is 9.80 Å². The summed E-state index contributed by atoms with van der Waals surface area (Å²) in [5.41, 5.74) is 3.03. The number of allylic oxidation sites excluding steroid dienone is 1. The lowest BCUT2D eigenvalue weighted by Crippen LogP contribution is -2.10. The van der Waals surface area contributed by atoms with E-state index in [1.165, 1.54) is 0 Å². The van der Waals surface area contributed by atoms with E-state index in [1.54, 1.807) is 12.1 Å². The lowest BCUT2D eigenvalue weighted by molar-refractivity contribution is 0.605. The van der Waals surface area contributed by atoms with Gasteiger partial charge in [-0.05, 0) is 77.7 Å². The first-order valence-corrected chi connectivity index (χ1v) is 9.35. The summed E-state index contributed by atoms with van der Waals surface area (Å²) in [4.78, 5) is 0.815. The van der Waals surface area contributed by atoms with Gasteiger partial charge < -0.3 is 0 Å². The van der Waals surface area contributed by atoms with Crippen LogP contribution in [0.5, 0.6) is 0 Å². The molecule has 21 heavy (non-hydrogen) atoms. The van der Waals surface area contributed by atoms with Gasteiger partial charge in [0.2, 0.25) is 9.84 Å². The third kappa shape index (κ3) is 2.79. The van der Waals surface area contributed by atoms with Crippen molar-refractivity contribution in [2.24, 2.45) is 0 Å². The molecule has 2 aromatic carbocycles. The Balaban J connectivity index is 2.12. The monoisotopic (exact) mass is 410 g/mol. The highest BCUT2D eigenvalue weighted by atomic mass is 127. The summed E-state index contributed by atoms with van der Waals surface area (Å²) in [5.74, 6) is 0. The molecular formula is C17H15IO2S. The maximum absolute atomic E-state index is 12.9. The van der Waals surface area contributed by atoms with Crippen LogP contribution < -0.4 is 0 Å². The Morgan fingerprint density at radius 1 is 1.05 bits per heavy atom. The van der Waals surface area contributed by atoms with Crippen LogP contribution in [-0.2, 0) is 16.3 Å². The van der Waals surface area contributed by atoms with Crippen molar-refractivity contribution in [3.63, 3.8) is 0 Å². The van der Waals surface area contributed by atoms with Crippen molar-refractivity contribution in [2.75, 3.05) is 0 Å². The standard InChI is InChI=1S/C17H15IO2S/c1-12-5-8-15(9-6-12)21(19,20)17-4-2-3-13-11-14(18)7-10-16(13)17/h4-11H,2-3H2,1H3. The summed E-state index contributed by atoms with van der Waals surface area (Å²) in [6.45, 7) is 1.95. The van der Waals surface area contributed by atoms with Crippen molar-refractivity contribution in [2.45, 2.75) is 24.7 Å². The van der Waals surface area contributed by atoms with E-state index in [9.17, 15) is 8.42 Å². The van der Waals surface area contributed by atoms with Gasteiger partial charge in [-0.3, -0.25) is 0 Å². The molecule has 0 fully saturated rings. The van der Waals surface area contributed by atoms with E-state index < -0.39 is 9.84 Å². The van der Waals surface area contributed by atoms with E-state index in [0.717, 1.165) is 33.1 Å². The number of benzene rings is 2. The number of hydrogen-bond acceptors (Lipinski definition) is 2. The summed E-state index contributed by atoms with van der Waals surface area (Å²) in [6, 6.07) is 13.0. The number of fused-ring (bicyclic) bond motifs is 1. The van der Waals surface area contributed by atoms with E-state index in [1.807, 2.05) is 37.3 Å². The van der Waals surface area contributed by atoms with Crippen molar-refractivity contribution >= 4 is 37.3 Å². The molecule has 0 spiro atoms. The molecule has 0 N–H and O–H groups in total. The van der Waals surface area contributed by atoms with Crippen molar-refractivity contribution in [1.82, 2.24) is 0 Å². The second-order valence-corrected chi connectivity index (χ2v) is 8.39. The molecule has 2 aromatic rings. The largest absolute Gasteiger partial charge is 0.219 e. The van der Waals surface area contributed by atoms with Gasteiger partial charge in [-0.25, -0.2) is 8.42 Å². The Labute approximate surface area is 139 Å². The van der Waals surface area contributed by atoms with Gasteiger partial charge in [0, 0.05) is 3.57 Å². The number of rotatable bonds is 2. The quantitative estimate of drug-likeness (QED) is 0.690. The summed E-state index contributed by atoms with van der Waals surface area (Å²) >= 11 is 2.26. The molecule has 108 valence electrons. The van der Waals surface area contributed by atoms with Crippen LogP contribution in [0, 0.1) is 10.5 Å². The summed E-state index contributed by atoms with van der Waals surface area (Å²) in [7, 11) is -3.45. The highest BCUT2D eigenvalue weighted by Gasteiger charge is 2.26. The first-order valence-electron chi connectivity index (χ1n) is 6.79. The molecule has 0 amide bonds. The molecule has 0 heterocycles. The van der Waals surface area contributed by atoms with Crippen LogP contribution in [0.1, 0.15) is 23.1 Å². The molecule has 4 heteroatoms. The molecule has 0 radical (unpaired) electrons. The van der Waals surface area contributed by atoms with E-state index >= 15 is 0 Å². The molecule has 0 atom stereocenters. The highest BCUT2D eigenvalue weighted by Crippen LogP contribution is 2.35. The predicted octanol–water partition coefficient (Wildman–Crippen LogP) is 4.36. The maximum atomic E-state index is 12.9. The summed E-state index contributed by atoms with van der Waals surface area (Å²) in [5, 5.41) is 0. The number of sulfone groups is 1. The van der Waals surface area contributed by atoms with Crippen LogP contribution in [0.4, 0.5) is 0 Å². The second kappa shape index (κ2) is 5.57. The minimum atomic E-state index is -3.45. The Morgan fingerprint density at radius 3 is 2.48 bits per heavy atom. The minimum absolute atomic E-state index is 0.366. The summed E-state index contributed by atoms with van der Waals surface area (Å²) < 4.78 is 26.9. The second-order valence-electron chi connectivity index (χ2n) is 5.23. The van der Waals surface area contributed by atoms with Gasteiger partial charge in [-0.2, -0.15) is 0 Å². The third-order valence-electron chi connectivity index (χ3n) is 3.70. The van der Waals surface area contributed by atoms with Crippen LogP contribution in [0.25, 0.3) is 4.91 Å². The van der Waals surface area contributed by atoms with Gasteiger partial charge in [0.25, 0.3) is 0 Å². The molecule has 0 aromatic heterocycles. The number of hydrogen-bond donors (Lipinski definition) is 0. The third-order valence-corrected chi connectivity index (χ3v) is 6.23. The Hall–Kier alpha value is -1.14. The zero-order valence-corrected chi connectivity index (χ0v) is 14.6. The average Bonchev–Trinajstić information content (AvgIpc) is 2.46. The Kier molecular flexibility index (Phi) is 3.92.